The van der Waals surface area contributed by atoms with Crippen LogP contribution in [0.15, 0.2) is 0 Å². The predicted octanol–water partition coefficient (Wildman–Crippen LogP) is 2.04. The van der Waals surface area contributed by atoms with Crippen molar-refractivity contribution in [1.82, 2.24) is 4.90 Å². The van der Waals surface area contributed by atoms with E-state index in [1.54, 1.807) is 12.0 Å². The number of rotatable bonds is 7. The van der Waals surface area contributed by atoms with Gasteiger partial charge in [0.1, 0.15) is 0 Å². The molecule has 0 saturated carbocycles. The summed E-state index contributed by atoms with van der Waals surface area (Å²) in [6, 6.07) is 0. The highest BCUT2D eigenvalue weighted by Crippen LogP contribution is 2.05. The number of nitrogens with zero attached hydrogens (tertiary/aromatic N) is 1. The van der Waals surface area contributed by atoms with E-state index in [-0.39, 0.29) is 10.7 Å². The first kappa shape index (κ1) is 13.9. The third kappa shape index (κ3) is 6.38. The van der Waals surface area contributed by atoms with Crippen LogP contribution in [-0.2, 0) is 9.53 Å². The maximum absolute atomic E-state index is 11.5. The van der Waals surface area contributed by atoms with E-state index < -0.39 is 0 Å². The van der Waals surface area contributed by atoms with Crippen molar-refractivity contribution < 1.29 is 9.53 Å². The Bertz CT molecular complexity index is 164. The average molecular weight is 266 g/mol. The van der Waals surface area contributed by atoms with Crippen LogP contribution in [-0.4, -0.2) is 42.9 Å². The normalized spacial score (nSPS) is 12.6. The van der Waals surface area contributed by atoms with Crippen molar-refractivity contribution in [3.05, 3.63) is 0 Å². The molecule has 3 nitrogen and oxygen atoms in total. The van der Waals surface area contributed by atoms with Crippen molar-refractivity contribution in [3.8, 4) is 0 Å². The molecule has 0 radical (unpaired) electrons. The fourth-order valence-electron chi connectivity index (χ4n) is 1.15. The summed E-state index contributed by atoms with van der Waals surface area (Å²) in [5.41, 5.74) is 0. The van der Waals surface area contributed by atoms with Crippen LogP contribution in [0.1, 0.15) is 26.2 Å². The Labute approximate surface area is 94.9 Å². The molecule has 1 amide bonds. The lowest BCUT2D eigenvalue weighted by Crippen LogP contribution is -2.33. The van der Waals surface area contributed by atoms with E-state index in [1.165, 1.54) is 0 Å². The Morgan fingerprint density at radius 2 is 2.21 bits per heavy atom. The van der Waals surface area contributed by atoms with Crippen LogP contribution in [0.25, 0.3) is 0 Å². The van der Waals surface area contributed by atoms with Crippen molar-refractivity contribution in [3.63, 3.8) is 0 Å². The van der Waals surface area contributed by atoms with Crippen molar-refractivity contribution in [1.29, 1.82) is 0 Å². The maximum atomic E-state index is 11.5. The monoisotopic (exact) mass is 265 g/mol. The fourth-order valence-corrected chi connectivity index (χ4v) is 1.85. The van der Waals surface area contributed by atoms with Gasteiger partial charge in [0.2, 0.25) is 5.91 Å². The molecular formula is C10H20BrNO2. The molecule has 0 fully saturated rings. The van der Waals surface area contributed by atoms with Crippen LogP contribution in [0.3, 0.4) is 0 Å². The molecule has 0 aromatic carbocycles. The van der Waals surface area contributed by atoms with E-state index in [0.717, 1.165) is 12.8 Å². The number of ether oxygens (including phenoxy) is 1. The smallest absolute Gasteiger partial charge is 0.222 e. The first-order valence-corrected chi connectivity index (χ1v) is 5.90. The van der Waals surface area contributed by atoms with Gasteiger partial charge in [-0.25, -0.2) is 0 Å². The molecule has 0 aromatic rings. The van der Waals surface area contributed by atoms with Crippen molar-refractivity contribution in [2.75, 3.05) is 27.3 Å². The van der Waals surface area contributed by atoms with Gasteiger partial charge in [-0.3, -0.25) is 4.79 Å². The molecular weight excluding hydrogens is 246 g/mol. The zero-order valence-electron chi connectivity index (χ0n) is 9.25. The van der Waals surface area contributed by atoms with E-state index >= 15 is 0 Å². The molecule has 0 bridgehead atoms. The largest absolute Gasteiger partial charge is 0.383 e. The molecule has 0 aliphatic rings. The maximum Gasteiger partial charge on any atom is 0.222 e. The predicted molar refractivity (Wildman–Crippen MR) is 61.8 cm³/mol. The van der Waals surface area contributed by atoms with Crippen molar-refractivity contribution in [2.24, 2.45) is 0 Å². The lowest BCUT2D eigenvalue weighted by Gasteiger charge is -2.20. The lowest BCUT2D eigenvalue weighted by molar-refractivity contribution is -0.130. The zero-order valence-corrected chi connectivity index (χ0v) is 10.8. The Balaban J connectivity index is 3.70. The molecule has 0 spiro atoms. The molecule has 0 rings (SSSR count). The summed E-state index contributed by atoms with van der Waals surface area (Å²) in [4.78, 5) is 13.5. The molecule has 14 heavy (non-hydrogen) atoms. The zero-order chi connectivity index (χ0) is 11.0. The number of halogens is 1. The molecule has 4 heteroatoms. The van der Waals surface area contributed by atoms with Crippen LogP contribution in [0.2, 0.25) is 0 Å². The summed E-state index contributed by atoms with van der Waals surface area (Å²) in [5.74, 6) is 0.215. The second kappa shape index (κ2) is 8.24. The first-order valence-electron chi connectivity index (χ1n) is 4.98. The van der Waals surface area contributed by atoms with Gasteiger partial charge in [-0.1, -0.05) is 29.3 Å². The van der Waals surface area contributed by atoms with Gasteiger partial charge in [0.25, 0.3) is 0 Å². The van der Waals surface area contributed by atoms with Crippen LogP contribution in [0, 0.1) is 0 Å². The molecule has 0 aromatic heterocycles. The second-order valence-electron chi connectivity index (χ2n) is 3.43. The van der Waals surface area contributed by atoms with Gasteiger partial charge in [0.15, 0.2) is 0 Å². The van der Waals surface area contributed by atoms with Gasteiger partial charge in [0.05, 0.1) is 11.4 Å². The Morgan fingerprint density at radius 1 is 1.57 bits per heavy atom. The Morgan fingerprint density at radius 3 is 2.71 bits per heavy atom. The van der Waals surface area contributed by atoms with Crippen molar-refractivity contribution >= 4 is 21.8 Å². The summed E-state index contributed by atoms with van der Waals surface area (Å²) in [6.45, 7) is 3.42. The summed E-state index contributed by atoms with van der Waals surface area (Å²) in [5, 5.41) is 0. The third-order valence-electron chi connectivity index (χ3n) is 1.99. The highest BCUT2D eigenvalue weighted by atomic mass is 79.9. The second-order valence-corrected chi connectivity index (χ2v) is 4.73. The van der Waals surface area contributed by atoms with Gasteiger partial charge in [0, 0.05) is 27.1 Å². The number of carbonyl (C=O) groups excluding carboxylic acids is 1. The van der Waals surface area contributed by atoms with Gasteiger partial charge in [-0.05, 0) is 6.42 Å². The van der Waals surface area contributed by atoms with Crippen LogP contribution in [0.5, 0.6) is 0 Å². The number of carbonyl (C=O) groups is 1. The third-order valence-corrected chi connectivity index (χ3v) is 2.54. The molecule has 0 N–H and O–H groups in total. The number of unbranched alkanes of at least 4 members (excludes halogenated alkanes) is 1. The fraction of sp³-hybridized carbons (Fsp3) is 0.900. The van der Waals surface area contributed by atoms with E-state index in [4.69, 9.17) is 4.74 Å². The number of alkyl halides is 1. The summed E-state index contributed by atoms with van der Waals surface area (Å²) in [7, 11) is 3.50. The summed E-state index contributed by atoms with van der Waals surface area (Å²) >= 11 is 3.46. The summed E-state index contributed by atoms with van der Waals surface area (Å²) in [6.07, 6.45) is 2.69. The molecule has 0 aliphatic heterocycles. The quantitative estimate of drug-likeness (QED) is 0.660. The molecule has 84 valence electrons. The first-order chi connectivity index (χ1) is 6.61. The number of hydrogen-bond donors (Lipinski definition) is 0. The van der Waals surface area contributed by atoms with Gasteiger partial charge in [-0.2, -0.15) is 0 Å². The molecule has 1 atom stereocenters. The van der Waals surface area contributed by atoms with E-state index in [2.05, 4.69) is 22.9 Å². The van der Waals surface area contributed by atoms with Gasteiger partial charge < -0.3 is 9.64 Å². The molecule has 0 aliphatic carbocycles. The number of methoxy groups -OCH3 is 1. The minimum absolute atomic E-state index is 0.215. The number of hydrogen-bond acceptors (Lipinski definition) is 2. The standard InChI is InChI=1S/C10H20BrNO2/c1-4-5-6-10(13)12(2)7-9(11)8-14-3/h9H,4-8H2,1-3H3. The van der Waals surface area contributed by atoms with E-state index in [0.29, 0.717) is 19.6 Å². The summed E-state index contributed by atoms with van der Waals surface area (Å²) < 4.78 is 4.98. The molecule has 0 heterocycles. The van der Waals surface area contributed by atoms with Gasteiger partial charge in [-0.15, -0.1) is 0 Å². The van der Waals surface area contributed by atoms with Crippen LogP contribution >= 0.6 is 15.9 Å². The highest BCUT2D eigenvalue weighted by molar-refractivity contribution is 9.09. The van der Waals surface area contributed by atoms with Gasteiger partial charge >= 0.3 is 0 Å². The lowest BCUT2D eigenvalue weighted by atomic mass is 10.2. The minimum atomic E-state index is 0.215. The molecule has 0 saturated heterocycles. The SMILES string of the molecule is CCCCC(=O)N(C)CC(Br)COC. The number of amides is 1. The Kier molecular flexibility index (Phi) is 8.18. The topological polar surface area (TPSA) is 29.5 Å². The van der Waals surface area contributed by atoms with E-state index in [1.807, 2.05) is 7.05 Å². The van der Waals surface area contributed by atoms with E-state index in [9.17, 15) is 4.79 Å². The average Bonchev–Trinajstić information content (AvgIpc) is 2.14. The van der Waals surface area contributed by atoms with Crippen molar-refractivity contribution in [2.45, 2.75) is 31.0 Å². The Hall–Kier alpha value is -0.0900. The minimum Gasteiger partial charge on any atom is -0.383 e. The highest BCUT2D eigenvalue weighted by Gasteiger charge is 2.12. The van der Waals surface area contributed by atoms with Crippen LogP contribution < -0.4 is 0 Å². The molecule has 1 unspecified atom stereocenters. The van der Waals surface area contributed by atoms with Crippen LogP contribution in [0.4, 0.5) is 0 Å².